The van der Waals surface area contributed by atoms with E-state index in [1.165, 1.54) is 6.21 Å². The van der Waals surface area contributed by atoms with Crippen molar-refractivity contribution in [3.05, 3.63) is 56.7 Å². The van der Waals surface area contributed by atoms with Gasteiger partial charge in [-0.3, -0.25) is 5.43 Å². The maximum absolute atomic E-state index is 12.5. The van der Waals surface area contributed by atoms with E-state index in [0.29, 0.717) is 21.8 Å². The van der Waals surface area contributed by atoms with Crippen LogP contribution in [0, 0.1) is 0 Å². The van der Waals surface area contributed by atoms with Gasteiger partial charge in [-0.05, 0) is 12.1 Å². The van der Waals surface area contributed by atoms with E-state index in [4.69, 9.17) is 34.8 Å². The van der Waals surface area contributed by atoms with Crippen molar-refractivity contribution in [2.75, 3.05) is 5.43 Å². The summed E-state index contributed by atoms with van der Waals surface area (Å²) in [4.78, 5) is 3.58. The zero-order chi connectivity index (χ0) is 16.3. The number of anilines is 1. The van der Waals surface area contributed by atoms with Crippen molar-refractivity contribution in [1.82, 2.24) is 4.98 Å². The molecule has 9 heteroatoms. The predicted molar refractivity (Wildman–Crippen MR) is 81.9 cm³/mol. The van der Waals surface area contributed by atoms with Gasteiger partial charge in [0.15, 0.2) is 5.82 Å². The molecule has 0 atom stereocenters. The Hall–Kier alpha value is -1.50. The molecule has 22 heavy (non-hydrogen) atoms. The molecule has 116 valence electrons. The van der Waals surface area contributed by atoms with Crippen LogP contribution in [-0.2, 0) is 6.18 Å². The number of alkyl halides is 3. The number of hydrazone groups is 1. The molecule has 0 saturated carbocycles. The highest BCUT2D eigenvalue weighted by atomic mass is 35.5. The SMILES string of the molecule is FC(F)(F)c1cnc(N/N=C\c2cccc(Cl)c2Cl)c(Cl)c1. The normalized spacial score (nSPS) is 11.9. The third-order valence-electron chi connectivity index (χ3n) is 2.52. The first-order valence-corrected chi connectivity index (χ1v) is 6.88. The molecule has 2 aromatic rings. The Labute approximate surface area is 138 Å². The third-order valence-corrected chi connectivity index (χ3v) is 3.65. The van der Waals surface area contributed by atoms with Crippen molar-refractivity contribution in [2.45, 2.75) is 6.18 Å². The average Bonchev–Trinajstić information content (AvgIpc) is 2.44. The van der Waals surface area contributed by atoms with Gasteiger partial charge in [-0.2, -0.15) is 18.3 Å². The van der Waals surface area contributed by atoms with Gasteiger partial charge in [-0.25, -0.2) is 4.98 Å². The van der Waals surface area contributed by atoms with E-state index in [1.54, 1.807) is 18.2 Å². The van der Waals surface area contributed by atoms with Crippen molar-refractivity contribution in [3.63, 3.8) is 0 Å². The quantitative estimate of drug-likeness (QED) is 0.573. The van der Waals surface area contributed by atoms with Gasteiger partial charge < -0.3 is 0 Å². The van der Waals surface area contributed by atoms with Crippen LogP contribution in [0.4, 0.5) is 19.0 Å². The van der Waals surface area contributed by atoms with Crippen LogP contribution >= 0.6 is 34.8 Å². The summed E-state index contributed by atoms with van der Waals surface area (Å²) in [5, 5.41) is 4.28. The minimum absolute atomic E-state index is 0.0101. The molecule has 0 aliphatic carbocycles. The summed E-state index contributed by atoms with van der Waals surface area (Å²) in [6.07, 6.45) is -2.49. The van der Waals surface area contributed by atoms with Crippen LogP contribution in [0.2, 0.25) is 15.1 Å². The molecule has 0 aliphatic rings. The fraction of sp³-hybridized carbons (Fsp3) is 0.0769. The van der Waals surface area contributed by atoms with E-state index in [9.17, 15) is 13.2 Å². The van der Waals surface area contributed by atoms with Crippen LogP contribution in [0.3, 0.4) is 0 Å². The van der Waals surface area contributed by atoms with E-state index in [0.717, 1.165) is 6.07 Å². The first-order chi connectivity index (χ1) is 10.3. The molecule has 0 unspecified atom stereocenters. The standard InChI is InChI=1S/C13H7Cl3F3N3/c14-9-3-1-2-7(11(9)16)5-21-22-12-10(15)4-8(6-20-12)13(17,18)19/h1-6H,(H,20,22)/b21-5-. The van der Waals surface area contributed by atoms with E-state index < -0.39 is 11.7 Å². The van der Waals surface area contributed by atoms with E-state index in [2.05, 4.69) is 15.5 Å². The molecular formula is C13H7Cl3F3N3. The summed E-state index contributed by atoms with van der Waals surface area (Å²) < 4.78 is 37.4. The van der Waals surface area contributed by atoms with Crippen LogP contribution in [0.25, 0.3) is 0 Å². The van der Waals surface area contributed by atoms with Crippen molar-refractivity contribution in [3.8, 4) is 0 Å². The van der Waals surface area contributed by atoms with Gasteiger partial charge in [-0.15, -0.1) is 0 Å². The number of hydrogen-bond donors (Lipinski definition) is 1. The van der Waals surface area contributed by atoms with Gasteiger partial charge in [-0.1, -0.05) is 46.9 Å². The zero-order valence-electron chi connectivity index (χ0n) is 10.6. The van der Waals surface area contributed by atoms with E-state index in [1.807, 2.05) is 0 Å². The lowest BCUT2D eigenvalue weighted by molar-refractivity contribution is -0.137. The number of pyridine rings is 1. The number of rotatable bonds is 3. The molecule has 0 saturated heterocycles. The Bertz CT molecular complexity index is 717. The highest BCUT2D eigenvalue weighted by molar-refractivity contribution is 6.43. The number of benzene rings is 1. The number of halogens is 6. The first-order valence-electron chi connectivity index (χ1n) is 5.75. The van der Waals surface area contributed by atoms with Gasteiger partial charge in [0, 0.05) is 11.8 Å². The molecule has 3 nitrogen and oxygen atoms in total. The summed E-state index contributed by atoms with van der Waals surface area (Å²) in [6, 6.07) is 5.72. The fourth-order valence-electron chi connectivity index (χ4n) is 1.46. The van der Waals surface area contributed by atoms with Crippen molar-refractivity contribution < 1.29 is 13.2 Å². The minimum Gasteiger partial charge on any atom is -0.260 e. The molecule has 2 rings (SSSR count). The van der Waals surface area contributed by atoms with Crippen LogP contribution in [0.5, 0.6) is 0 Å². The molecule has 1 aromatic carbocycles. The second kappa shape index (κ2) is 6.73. The maximum Gasteiger partial charge on any atom is 0.417 e. The number of nitrogens with zero attached hydrogens (tertiary/aromatic N) is 2. The van der Waals surface area contributed by atoms with Crippen LogP contribution < -0.4 is 5.43 Å². The first kappa shape index (κ1) is 16.9. The van der Waals surface area contributed by atoms with Crippen molar-refractivity contribution >= 4 is 46.8 Å². The molecule has 0 aliphatic heterocycles. The molecule has 1 heterocycles. The van der Waals surface area contributed by atoms with Gasteiger partial charge in [0.1, 0.15) is 0 Å². The lowest BCUT2D eigenvalue weighted by Gasteiger charge is -2.08. The summed E-state index contributed by atoms with van der Waals surface area (Å²) >= 11 is 17.5. The molecule has 1 N–H and O–H groups in total. The van der Waals surface area contributed by atoms with Crippen molar-refractivity contribution in [2.24, 2.45) is 5.10 Å². The summed E-state index contributed by atoms with van der Waals surface area (Å²) in [6.45, 7) is 0. The Morgan fingerprint density at radius 2 is 1.86 bits per heavy atom. The number of nitrogens with one attached hydrogen (secondary N) is 1. The molecule has 0 fully saturated rings. The highest BCUT2D eigenvalue weighted by Gasteiger charge is 2.31. The Kier molecular flexibility index (Phi) is 5.16. The Balaban J connectivity index is 2.15. The zero-order valence-corrected chi connectivity index (χ0v) is 12.9. The highest BCUT2D eigenvalue weighted by Crippen LogP contribution is 2.32. The fourth-order valence-corrected chi connectivity index (χ4v) is 2.02. The largest absolute Gasteiger partial charge is 0.417 e. The number of aromatic nitrogens is 1. The van der Waals surface area contributed by atoms with Crippen LogP contribution in [0.15, 0.2) is 35.6 Å². The van der Waals surface area contributed by atoms with Crippen molar-refractivity contribution in [1.29, 1.82) is 0 Å². The number of hydrogen-bond acceptors (Lipinski definition) is 3. The van der Waals surface area contributed by atoms with Gasteiger partial charge in [0.2, 0.25) is 0 Å². The monoisotopic (exact) mass is 367 g/mol. The molecule has 0 spiro atoms. The Morgan fingerprint density at radius 1 is 1.14 bits per heavy atom. The summed E-state index contributed by atoms with van der Waals surface area (Å²) in [7, 11) is 0. The molecule has 0 bridgehead atoms. The second-order valence-corrected chi connectivity index (χ2v) is 5.26. The lowest BCUT2D eigenvalue weighted by atomic mass is 10.2. The van der Waals surface area contributed by atoms with Crippen LogP contribution in [0.1, 0.15) is 11.1 Å². The lowest BCUT2D eigenvalue weighted by Crippen LogP contribution is -2.06. The second-order valence-electron chi connectivity index (χ2n) is 4.07. The van der Waals surface area contributed by atoms with Gasteiger partial charge in [0.05, 0.1) is 26.8 Å². The molecule has 1 aromatic heterocycles. The minimum atomic E-state index is -4.51. The molecule has 0 amide bonds. The predicted octanol–water partition coefficient (Wildman–Crippen LogP) is 5.51. The maximum atomic E-state index is 12.5. The third kappa shape index (κ3) is 4.03. The van der Waals surface area contributed by atoms with E-state index in [-0.39, 0.29) is 10.8 Å². The summed E-state index contributed by atoms with van der Waals surface area (Å²) in [5.41, 5.74) is 2.04. The van der Waals surface area contributed by atoms with Gasteiger partial charge in [0.25, 0.3) is 0 Å². The smallest absolute Gasteiger partial charge is 0.260 e. The van der Waals surface area contributed by atoms with Gasteiger partial charge >= 0.3 is 6.18 Å². The molecule has 0 radical (unpaired) electrons. The Morgan fingerprint density at radius 3 is 2.50 bits per heavy atom. The average molecular weight is 369 g/mol. The molecular weight excluding hydrogens is 362 g/mol. The topological polar surface area (TPSA) is 37.3 Å². The summed E-state index contributed by atoms with van der Waals surface area (Å²) in [5.74, 6) is -0.0101. The van der Waals surface area contributed by atoms with Crippen LogP contribution in [-0.4, -0.2) is 11.2 Å². The van der Waals surface area contributed by atoms with E-state index >= 15 is 0 Å².